The lowest BCUT2D eigenvalue weighted by molar-refractivity contribution is -0.130. The van der Waals surface area contributed by atoms with Crippen LogP contribution >= 0.6 is 0 Å². The van der Waals surface area contributed by atoms with Gasteiger partial charge in [0, 0.05) is 39.0 Å². The summed E-state index contributed by atoms with van der Waals surface area (Å²) in [6, 6.07) is 13.3. The van der Waals surface area contributed by atoms with Gasteiger partial charge in [0.15, 0.2) is 0 Å². The average molecular weight is 311 g/mol. The van der Waals surface area contributed by atoms with Crippen molar-refractivity contribution >= 4 is 11.8 Å². The minimum absolute atomic E-state index is 0.0147. The smallest absolute Gasteiger partial charge is 0.224 e. The van der Waals surface area contributed by atoms with Gasteiger partial charge in [0.2, 0.25) is 11.8 Å². The van der Waals surface area contributed by atoms with Crippen LogP contribution in [-0.4, -0.2) is 34.8 Å². The lowest BCUT2D eigenvalue weighted by atomic mass is 10.1. The van der Waals surface area contributed by atoms with Crippen molar-refractivity contribution in [2.45, 2.75) is 19.9 Å². The first-order chi connectivity index (χ1) is 11.1. The number of hydrogen-bond donors (Lipinski definition) is 1. The van der Waals surface area contributed by atoms with Gasteiger partial charge in [-0.3, -0.25) is 14.6 Å². The van der Waals surface area contributed by atoms with Crippen molar-refractivity contribution in [2.24, 2.45) is 0 Å². The van der Waals surface area contributed by atoms with Crippen molar-refractivity contribution < 1.29 is 9.59 Å². The highest BCUT2D eigenvalue weighted by Gasteiger charge is 2.10. The molecule has 0 fully saturated rings. The monoisotopic (exact) mass is 311 g/mol. The van der Waals surface area contributed by atoms with Crippen LogP contribution in [0.15, 0.2) is 54.9 Å². The number of amides is 2. The lowest BCUT2D eigenvalue weighted by Crippen LogP contribution is -2.37. The molecule has 1 N–H and O–H groups in total. The van der Waals surface area contributed by atoms with Gasteiger partial charge in [-0.1, -0.05) is 30.3 Å². The summed E-state index contributed by atoms with van der Waals surface area (Å²) in [5, 5.41) is 2.86. The largest absolute Gasteiger partial charge is 0.354 e. The molecule has 5 nitrogen and oxygen atoms in total. The summed E-state index contributed by atoms with van der Waals surface area (Å²) in [6.07, 6.45) is 3.76. The standard InChI is InChI=1S/C18H21N3O2/c1-15(22)21(14-17-7-9-19-10-8-17)12-11-20-18(23)13-16-5-3-2-4-6-16/h2-10H,11-14H2,1H3,(H,20,23). The molecule has 1 aromatic heterocycles. The van der Waals surface area contributed by atoms with Crippen LogP contribution in [-0.2, 0) is 22.6 Å². The first-order valence-corrected chi connectivity index (χ1v) is 7.60. The fourth-order valence-electron chi connectivity index (χ4n) is 2.23. The van der Waals surface area contributed by atoms with Gasteiger partial charge < -0.3 is 10.2 Å². The third kappa shape index (κ3) is 5.90. The number of hydrogen-bond acceptors (Lipinski definition) is 3. The summed E-state index contributed by atoms with van der Waals surface area (Å²) in [5.41, 5.74) is 2.00. The third-order valence-electron chi connectivity index (χ3n) is 3.48. The number of rotatable bonds is 7. The van der Waals surface area contributed by atoms with Gasteiger partial charge >= 0.3 is 0 Å². The molecule has 1 heterocycles. The number of aromatic nitrogens is 1. The zero-order chi connectivity index (χ0) is 16.5. The molecule has 0 aliphatic heterocycles. The Hall–Kier alpha value is -2.69. The number of pyridine rings is 1. The minimum Gasteiger partial charge on any atom is -0.354 e. The molecule has 23 heavy (non-hydrogen) atoms. The van der Waals surface area contributed by atoms with E-state index < -0.39 is 0 Å². The lowest BCUT2D eigenvalue weighted by Gasteiger charge is -2.21. The van der Waals surface area contributed by atoms with Gasteiger partial charge in [-0.15, -0.1) is 0 Å². The van der Waals surface area contributed by atoms with E-state index in [0.717, 1.165) is 11.1 Å². The van der Waals surface area contributed by atoms with Crippen molar-refractivity contribution in [3.63, 3.8) is 0 Å². The Kier molecular flexibility index (Phi) is 6.29. The molecule has 0 atom stereocenters. The van der Waals surface area contributed by atoms with Gasteiger partial charge in [-0.2, -0.15) is 0 Å². The molecule has 2 rings (SSSR count). The van der Waals surface area contributed by atoms with Gasteiger partial charge in [0.1, 0.15) is 0 Å². The quantitative estimate of drug-likeness (QED) is 0.848. The van der Waals surface area contributed by atoms with Crippen molar-refractivity contribution in [3.05, 3.63) is 66.0 Å². The molecule has 0 saturated heterocycles. The molecule has 120 valence electrons. The van der Waals surface area contributed by atoms with Crippen LogP contribution in [0.25, 0.3) is 0 Å². The Balaban J connectivity index is 1.78. The van der Waals surface area contributed by atoms with Crippen LogP contribution < -0.4 is 5.32 Å². The predicted octanol–water partition coefficient (Wildman–Crippen LogP) is 1.79. The van der Waals surface area contributed by atoms with Crippen molar-refractivity contribution in [3.8, 4) is 0 Å². The summed E-state index contributed by atoms with van der Waals surface area (Å²) in [4.78, 5) is 29.3. The second kappa shape index (κ2) is 8.68. The molecular formula is C18H21N3O2. The highest BCUT2D eigenvalue weighted by atomic mass is 16.2. The maximum atomic E-state index is 11.9. The Morgan fingerprint density at radius 2 is 1.74 bits per heavy atom. The Morgan fingerprint density at radius 1 is 1.04 bits per heavy atom. The number of carbonyl (C=O) groups excluding carboxylic acids is 2. The average Bonchev–Trinajstić information content (AvgIpc) is 2.55. The van der Waals surface area contributed by atoms with Gasteiger partial charge in [0.25, 0.3) is 0 Å². The molecule has 0 aliphatic carbocycles. The number of nitrogens with zero attached hydrogens (tertiary/aromatic N) is 2. The molecule has 0 saturated carbocycles. The maximum Gasteiger partial charge on any atom is 0.224 e. The van der Waals surface area contributed by atoms with Crippen LogP contribution in [0.3, 0.4) is 0 Å². The molecule has 2 amide bonds. The van der Waals surface area contributed by atoms with Crippen LogP contribution in [0.4, 0.5) is 0 Å². The van der Waals surface area contributed by atoms with E-state index in [2.05, 4.69) is 10.3 Å². The molecule has 0 radical (unpaired) electrons. The number of benzene rings is 1. The molecule has 0 spiro atoms. The van der Waals surface area contributed by atoms with E-state index >= 15 is 0 Å². The van der Waals surface area contributed by atoms with Crippen LogP contribution in [0.1, 0.15) is 18.1 Å². The van der Waals surface area contributed by atoms with Gasteiger partial charge in [-0.25, -0.2) is 0 Å². The van der Waals surface area contributed by atoms with E-state index in [1.165, 1.54) is 6.92 Å². The SMILES string of the molecule is CC(=O)N(CCNC(=O)Cc1ccccc1)Cc1ccncc1. The highest BCUT2D eigenvalue weighted by molar-refractivity contribution is 5.78. The van der Waals surface area contributed by atoms with E-state index in [0.29, 0.717) is 26.1 Å². The Morgan fingerprint density at radius 3 is 2.39 bits per heavy atom. The summed E-state index contributed by atoms with van der Waals surface area (Å²) in [5.74, 6) is -0.0530. The van der Waals surface area contributed by atoms with Crippen LogP contribution in [0.2, 0.25) is 0 Å². The van der Waals surface area contributed by atoms with Crippen molar-refractivity contribution in [2.75, 3.05) is 13.1 Å². The minimum atomic E-state index is -0.0383. The molecule has 5 heteroatoms. The van der Waals surface area contributed by atoms with Crippen molar-refractivity contribution in [1.29, 1.82) is 0 Å². The molecule has 2 aromatic rings. The fraction of sp³-hybridized carbons (Fsp3) is 0.278. The summed E-state index contributed by atoms with van der Waals surface area (Å²) >= 11 is 0. The second-order valence-corrected chi connectivity index (χ2v) is 5.31. The number of nitrogens with one attached hydrogen (secondary N) is 1. The van der Waals surface area contributed by atoms with Crippen LogP contribution in [0.5, 0.6) is 0 Å². The second-order valence-electron chi connectivity index (χ2n) is 5.31. The Bertz CT molecular complexity index is 629. The predicted molar refractivity (Wildman–Crippen MR) is 88.5 cm³/mol. The van der Waals surface area contributed by atoms with Gasteiger partial charge in [0.05, 0.1) is 6.42 Å². The molecule has 0 bridgehead atoms. The van der Waals surface area contributed by atoms with E-state index in [-0.39, 0.29) is 11.8 Å². The molecule has 1 aromatic carbocycles. The maximum absolute atomic E-state index is 11.9. The van der Waals surface area contributed by atoms with Crippen molar-refractivity contribution in [1.82, 2.24) is 15.2 Å². The normalized spacial score (nSPS) is 10.1. The van der Waals surface area contributed by atoms with E-state index in [9.17, 15) is 9.59 Å². The highest BCUT2D eigenvalue weighted by Crippen LogP contribution is 2.03. The first kappa shape index (κ1) is 16.7. The van der Waals surface area contributed by atoms with E-state index in [4.69, 9.17) is 0 Å². The fourth-order valence-corrected chi connectivity index (χ4v) is 2.23. The summed E-state index contributed by atoms with van der Waals surface area (Å²) < 4.78 is 0. The topological polar surface area (TPSA) is 62.3 Å². The first-order valence-electron chi connectivity index (χ1n) is 7.60. The van der Waals surface area contributed by atoms with Gasteiger partial charge in [-0.05, 0) is 23.3 Å². The third-order valence-corrected chi connectivity index (χ3v) is 3.48. The molecule has 0 aliphatic rings. The zero-order valence-electron chi connectivity index (χ0n) is 13.2. The van der Waals surface area contributed by atoms with E-state index in [1.807, 2.05) is 42.5 Å². The number of carbonyl (C=O) groups is 2. The zero-order valence-corrected chi connectivity index (χ0v) is 13.2. The summed E-state index contributed by atoms with van der Waals surface area (Å²) in [6.45, 7) is 2.98. The Labute approximate surface area is 136 Å². The summed E-state index contributed by atoms with van der Waals surface area (Å²) in [7, 11) is 0. The van der Waals surface area contributed by atoms with E-state index in [1.54, 1.807) is 17.3 Å². The van der Waals surface area contributed by atoms with Crippen LogP contribution in [0, 0.1) is 0 Å². The molecule has 0 unspecified atom stereocenters. The molecular weight excluding hydrogens is 290 g/mol.